The lowest BCUT2D eigenvalue weighted by Gasteiger charge is -2.07. The van der Waals surface area contributed by atoms with E-state index in [1.165, 1.54) is 11.6 Å². The first-order chi connectivity index (χ1) is 10.1. The molecule has 1 aromatic carbocycles. The van der Waals surface area contributed by atoms with Crippen LogP contribution in [0.2, 0.25) is 0 Å². The number of fused-ring (bicyclic) bond motifs is 1. The predicted molar refractivity (Wildman–Crippen MR) is 79.1 cm³/mol. The van der Waals surface area contributed by atoms with Crippen molar-refractivity contribution in [1.29, 1.82) is 0 Å². The highest BCUT2D eigenvalue weighted by Crippen LogP contribution is 2.30. The van der Waals surface area contributed by atoms with Crippen LogP contribution in [0.25, 0.3) is 0 Å². The zero-order valence-electron chi connectivity index (χ0n) is 11.7. The van der Waals surface area contributed by atoms with Crippen molar-refractivity contribution in [3.05, 3.63) is 63.5 Å². The summed E-state index contributed by atoms with van der Waals surface area (Å²) in [5.74, 6) is 0. The Hall–Kier alpha value is -2.14. The number of nitro benzene ring substituents is 1. The van der Waals surface area contributed by atoms with E-state index in [9.17, 15) is 15.2 Å². The molecule has 0 radical (unpaired) electrons. The number of benzene rings is 1. The van der Waals surface area contributed by atoms with Crippen molar-refractivity contribution in [2.24, 2.45) is 0 Å². The van der Waals surface area contributed by atoms with E-state index in [0.717, 1.165) is 31.2 Å². The molecule has 0 saturated carbocycles. The van der Waals surface area contributed by atoms with Crippen molar-refractivity contribution in [2.45, 2.75) is 38.3 Å². The number of aromatic nitrogens is 1. The maximum absolute atomic E-state index is 11.1. The van der Waals surface area contributed by atoms with Gasteiger partial charge in [0.15, 0.2) is 0 Å². The van der Waals surface area contributed by atoms with Gasteiger partial charge in [0.2, 0.25) is 0 Å². The first-order valence-electron chi connectivity index (χ1n) is 7.24. The van der Waals surface area contributed by atoms with Crippen LogP contribution < -0.4 is 0 Å². The van der Waals surface area contributed by atoms with E-state index in [1.54, 1.807) is 12.1 Å². The SMILES string of the molecule is O=[N+]([O-])c1ccccc1Cn1cc2c(c1)C(O)CCCC2. The molecule has 5 nitrogen and oxygen atoms in total. The average molecular weight is 286 g/mol. The van der Waals surface area contributed by atoms with Gasteiger partial charge < -0.3 is 9.67 Å². The van der Waals surface area contributed by atoms with Crippen molar-refractivity contribution >= 4 is 5.69 Å². The van der Waals surface area contributed by atoms with Crippen LogP contribution in [0.3, 0.4) is 0 Å². The molecule has 1 heterocycles. The van der Waals surface area contributed by atoms with Crippen LogP contribution >= 0.6 is 0 Å². The van der Waals surface area contributed by atoms with Crippen LogP contribution in [0.4, 0.5) is 5.69 Å². The number of aliphatic hydroxyl groups excluding tert-OH is 1. The molecule has 1 aromatic heterocycles. The summed E-state index contributed by atoms with van der Waals surface area (Å²) in [6.45, 7) is 0.455. The van der Waals surface area contributed by atoms with Gasteiger partial charge in [0, 0.05) is 29.6 Å². The van der Waals surface area contributed by atoms with Gasteiger partial charge in [-0.2, -0.15) is 0 Å². The zero-order chi connectivity index (χ0) is 14.8. The first-order valence-corrected chi connectivity index (χ1v) is 7.24. The van der Waals surface area contributed by atoms with Crippen LogP contribution in [-0.2, 0) is 13.0 Å². The van der Waals surface area contributed by atoms with Gasteiger partial charge in [-0.15, -0.1) is 0 Å². The smallest absolute Gasteiger partial charge is 0.274 e. The van der Waals surface area contributed by atoms with Gasteiger partial charge in [-0.3, -0.25) is 10.1 Å². The second-order valence-electron chi connectivity index (χ2n) is 5.56. The third-order valence-electron chi connectivity index (χ3n) is 4.07. The van der Waals surface area contributed by atoms with Crippen molar-refractivity contribution < 1.29 is 10.0 Å². The van der Waals surface area contributed by atoms with Crippen LogP contribution in [0.1, 0.15) is 42.1 Å². The second kappa shape index (κ2) is 5.69. The first kappa shape index (κ1) is 13.8. The van der Waals surface area contributed by atoms with E-state index in [-0.39, 0.29) is 10.6 Å². The Morgan fingerprint density at radius 1 is 1.29 bits per heavy atom. The molecule has 1 aliphatic rings. The summed E-state index contributed by atoms with van der Waals surface area (Å²) in [6.07, 6.45) is 7.43. The molecule has 5 heteroatoms. The Kier molecular flexibility index (Phi) is 3.75. The molecule has 1 atom stereocenters. The number of rotatable bonds is 3. The Morgan fingerprint density at radius 3 is 2.90 bits per heavy atom. The number of nitrogens with zero attached hydrogens (tertiary/aromatic N) is 2. The molecule has 0 fully saturated rings. The number of nitro groups is 1. The van der Waals surface area contributed by atoms with Crippen molar-refractivity contribution in [1.82, 2.24) is 4.57 Å². The van der Waals surface area contributed by atoms with E-state index < -0.39 is 6.10 Å². The molecular weight excluding hydrogens is 268 g/mol. The van der Waals surface area contributed by atoms with Crippen molar-refractivity contribution in [2.75, 3.05) is 0 Å². The average Bonchev–Trinajstić information content (AvgIpc) is 2.79. The molecule has 1 aliphatic carbocycles. The van der Waals surface area contributed by atoms with E-state index in [2.05, 4.69) is 0 Å². The van der Waals surface area contributed by atoms with Gasteiger partial charge >= 0.3 is 0 Å². The van der Waals surface area contributed by atoms with Gasteiger partial charge in [-0.25, -0.2) is 0 Å². The van der Waals surface area contributed by atoms with E-state index in [1.807, 2.05) is 23.0 Å². The lowest BCUT2D eigenvalue weighted by molar-refractivity contribution is -0.385. The third-order valence-corrected chi connectivity index (χ3v) is 4.07. The lowest BCUT2D eigenvalue weighted by atomic mass is 10.1. The Bertz CT molecular complexity index is 663. The van der Waals surface area contributed by atoms with E-state index in [0.29, 0.717) is 12.1 Å². The standard InChI is InChI=1S/C16H18N2O3/c19-16-8-4-2-5-12-9-17(11-14(12)16)10-13-6-1-3-7-15(13)18(20)21/h1,3,6-7,9,11,16,19H,2,4-5,8,10H2. The number of para-hydroxylation sites is 1. The minimum atomic E-state index is -0.408. The number of aryl methyl sites for hydroxylation is 1. The summed E-state index contributed by atoms with van der Waals surface area (Å²) in [7, 11) is 0. The quantitative estimate of drug-likeness (QED) is 0.535. The van der Waals surface area contributed by atoms with Crippen molar-refractivity contribution in [3.63, 3.8) is 0 Å². The third kappa shape index (κ3) is 2.83. The molecule has 0 amide bonds. The molecule has 1 N–H and O–H groups in total. The highest BCUT2D eigenvalue weighted by atomic mass is 16.6. The summed E-state index contributed by atoms with van der Waals surface area (Å²) in [6, 6.07) is 6.79. The molecule has 1 unspecified atom stereocenters. The summed E-state index contributed by atoms with van der Waals surface area (Å²) < 4.78 is 1.95. The molecule has 110 valence electrons. The van der Waals surface area contributed by atoms with Gasteiger partial charge in [0.1, 0.15) is 0 Å². The normalized spacial score (nSPS) is 18.0. The fourth-order valence-electron chi connectivity index (χ4n) is 3.00. The van der Waals surface area contributed by atoms with Gasteiger partial charge in [0.05, 0.1) is 17.6 Å². The van der Waals surface area contributed by atoms with Crippen LogP contribution in [0.5, 0.6) is 0 Å². The van der Waals surface area contributed by atoms with Crippen LogP contribution in [0.15, 0.2) is 36.7 Å². The van der Waals surface area contributed by atoms with Crippen molar-refractivity contribution in [3.8, 4) is 0 Å². The molecule has 3 rings (SSSR count). The minimum Gasteiger partial charge on any atom is -0.388 e. The largest absolute Gasteiger partial charge is 0.388 e. The minimum absolute atomic E-state index is 0.141. The molecule has 0 bridgehead atoms. The van der Waals surface area contributed by atoms with E-state index >= 15 is 0 Å². The van der Waals surface area contributed by atoms with Crippen LogP contribution in [0, 0.1) is 10.1 Å². The Morgan fingerprint density at radius 2 is 2.10 bits per heavy atom. The predicted octanol–water partition coefficient (Wildman–Crippen LogP) is 3.20. The number of hydrogen-bond donors (Lipinski definition) is 1. The highest BCUT2D eigenvalue weighted by Gasteiger charge is 2.19. The monoisotopic (exact) mass is 286 g/mol. The van der Waals surface area contributed by atoms with E-state index in [4.69, 9.17) is 0 Å². The maximum atomic E-state index is 11.1. The lowest BCUT2D eigenvalue weighted by Crippen LogP contribution is -2.01. The molecule has 0 spiro atoms. The fourth-order valence-corrected chi connectivity index (χ4v) is 3.00. The fraction of sp³-hybridized carbons (Fsp3) is 0.375. The molecule has 0 aliphatic heterocycles. The number of hydrogen-bond acceptors (Lipinski definition) is 3. The summed E-state index contributed by atoms with van der Waals surface area (Å²) >= 11 is 0. The van der Waals surface area contributed by atoms with Crippen LogP contribution in [-0.4, -0.2) is 14.6 Å². The summed E-state index contributed by atoms with van der Waals surface area (Å²) in [5.41, 5.74) is 2.97. The Labute approximate surface area is 123 Å². The van der Waals surface area contributed by atoms with Gasteiger partial charge in [0.25, 0.3) is 5.69 Å². The topological polar surface area (TPSA) is 68.3 Å². The zero-order valence-corrected chi connectivity index (χ0v) is 11.7. The summed E-state index contributed by atoms with van der Waals surface area (Å²) in [4.78, 5) is 10.7. The number of aliphatic hydroxyl groups is 1. The molecule has 0 saturated heterocycles. The Balaban J connectivity index is 1.90. The maximum Gasteiger partial charge on any atom is 0.274 e. The second-order valence-corrected chi connectivity index (χ2v) is 5.56. The molecule has 2 aromatic rings. The molecule has 21 heavy (non-hydrogen) atoms. The summed E-state index contributed by atoms with van der Waals surface area (Å²) in [5, 5.41) is 21.2. The molecular formula is C16H18N2O3. The van der Waals surface area contributed by atoms with Gasteiger partial charge in [-0.1, -0.05) is 24.6 Å². The highest BCUT2D eigenvalue weighted by molar-refractivity contribution is 5.40. The van der Waals surface area contributed by atoms with Gasteiger partial charge in [-0.05, 0) is 24.8 Å².